The van der Waals surface area contributed by atoms with E-state index in [1.807, 2.05) is 5.48 Å². The summed E-state index contributed by atoms with van der Waals surface area (Å²) < 4.78 is 0. The molecule has 1 saturated carbocycles. The van der Waals surface area contributed by atoms with Gasteiger partial charge in [0.2, 0.25) is 5.91 Å². The minimum Gasteiger partial charge on any atom is -0.368 e. The van der Waals surface area contributed by atoms with Gasteiger partial charge in [-0.25, -0.2) is 10.3 Å². The molecule has 6 nitrogen and oxygen atoms in total. The van der Waals surface area contributed by atoms with Crippen molar-refractivity contribution < 1.29 is 14.4 Å². The standard InChI is InChI=1S/C6H11N3O3/c7-5(10)3-12-9-6(11)8-4-1-2-4/h4H,1-3H2,(H2,7,10)(H2,8,9,11). The Morgan fingerprint density at radius 1 is 1.50 bits per heavy atom. The van der Waals surface area contributed by atoms with Gasteiger partial charge < -0.3 is 11.1 Å². The lowest BCUT2D eigenvalue weighted by atomic mass is 10.7. The first-order valence-electron chi connectivity index (χ1n) is 3.65. The molecule has 1 fully saturated rings. The zero-order chi connectivity index (χ0) is 8.97. The van der Waals surface area contributed by atoms with Crippen LogP contribution in [-0.2, 0) is 9.63 Å². The molecule has 0 aromatic heterocycles. The molecule has 0 aliphatic heterocycles. The molecule has 0 aromatic carbocycles. The molecule has 0 bridgehead atoms. The van der Waals surface area contributed by atoms with Crippen molar-refractivity contribution in [3.8, 4) is 0 Å². The predicted octanol–water partition coefficient (Wildman–Crippen LogP) is -1.14. The minimum atomic E-state index is -0.623. The van der Waals surface area contributed by atoms with E-state index < -0.39 is 11.9 Å². The lowest BCUT2D eigenvalue weighted by Gasteiger charge is -2.04. The van der Waals surface area contributed by atoms with Gasteiger partial charge in [-0.2, -0.15) is 0 Å². The van der Waals surface area contributed by atoms with E-state index >= 15 is 0 Å². The zero-order valence-electron chi connectivity index (χ0n) is 6.50. The number of nitrogens with two attached hydrogens (primary N) is 1. The van der Waals surface area contributed by atoms with Crippen LogP contribution in [0.15, 0.2) is 0 Å². The number of rotatable bonds is 4. The molecule has 12 heavy (non-hydrogen) atoms. The number of urea groups is 1. The molecule has 6 heteroatoms. The number of nitrogens with one attached hydrogen (secondary N) is 2. The number of hydroxylamine groups is 1. The fraction of sp³-hybridized carbons (Fsp3) is 0.667. The van der Waals surface area contributed by atoms with Crippen LogP contribution >= 0.6 is 0 Å². The Hall–Kier alpha value is -1.30. The van der Waals surface area contributed by atoms with Gasteiger partial charge in [-0.15, -0.1) is 0 Å². The second-order valence-corrected chi connectivity index (χ2v) is 2.60. The molecule has 0 spiro atoms. The minimum absolute atomic E-state index is 0.266. The lowest BCUT2D eigenvalue weighted by molar-refractivity contribution is -0.124. The molecular formula is C6H11N3O3. The van der Waals surface area contributed by atoms with Crippen molar-refractivity contribution in [2.45, 2.75) is 18.9 Å². The summed E-state index contributed by atoms with van der Waals surface area (Å²) in [5, 5.41) is 2.60. The maximum absolute atomic E-state index is 10.8. The molecule has 0 saturated heterocycles. The molecule has 3 amide bonds. The monoisotopic (exact) mass is 173 g/mol. The topological polar surface area (TPSA) is 93.5 Å². The van der Waals surface area contributed by atoms with Crippen molar-refractivity contribution in [2.24, 2.45) is 5.73 Å². The molecule has 0 unspecified atom stereocenters. The third kappa shape index (κ3) is 3.77. The Balaban J connectivity index is 1.97. The summed E-state index contributed by atoms with van der Waals surface area (Å²) in [7, 11) is 0. The Morgan fingerprint density at radius 3 is 2.67 bits per heavy atom. The highest BCUT2D eigenvalue weighted by Gasteiger charge is 2.23. The van der Waals surface area contributed by atoms with Gasteiger partial charge in [-0.3, -0.25) is 9.63 Å². The highest BCUT2D eigenvalue weighted by Crippen LogP contribution is 2.17. The highest BCUT2D eigenvalue weighted by atomic mass is 16.7. The Labute approximate surface area is 69.4 Å². The average molecular weight is 173 g/mol. The summed E-state index contributed by atoms with van der Waals surface area (Å²) in [4.78, 5) is 25.4. The van der Waals surface area contributed by atoms with Crippen LogP contribution in [0.25, 0.3) is 0 Å². The number of hydrogen-bond acceptors (Lipinski definition) is 3. The third-order valence-electron chi connectivity index (χ3n) is 1.29. The Bertz CT molecular complexity index is 190. The summed E-state index contributed by atoms with van der Waals surface area (Å²) in [5.74, 6) is -0.623. The molecule has 1 aliphatic rings. The van der Waals surface area contributed by atoms with Crippen molar-refractivity contribution in [1.29, 1.82) is 0 Å². The van der Waals surface area contributed by atoms with Gasteiger partial charge in [0.15, 0.2) is 6.61 Å². The second kappa shape index (κ2) is 3.91. The van der Waals surface area contributed by atoms with Crippen molar-refractivity contribution >= 4 is 11.9 Å². The summed E-state index contributed by atoms with van der Waals surface area (Å²) in [6.07, 6.45) is 2.01. The van der Waals surface area contributed by atoms with Gasteiger partial charge in [0.05, 0.1) is 0 Å². The zero-order valence-corrected chi connectivity index (χ0v) is 6.50. The summed E-state index contributed by atoms with van der Waals surface area (Å²) in [5.41, 5.74) is 6.79. The molecule has 1 rings (SSSR count). The number of primary amides is 1. The molecule has 4 N–H and O–H groups in total. The summed E-state index contributed by atoms with van der Waals surface area (Å²) in [6.45, 7) is -0.307. The SMILES string of the molecule is NC(=O)CONC(=O)NC1CC1. The molecule has 1 aliphatic carbocycles. The fourth-order valence-electron chi connectivity index (χ4n) is 0.615. The van der Waals surface area contributed by atoms with Crippen molar-refractivity contribution in [3.05, 3.63) is 0 Å². The summed E-state index contributed by atoms with van der Waals surface area (Å²) in [6, 6.07) is -0.166. The predicted molar refractivity (Wildman–Crippen MR) is 39.8 cm³/mol. The lowest BCUT2D eigenvalue weighted by Crippen LogP contribution is -2.38. The normalized spacial score (nSPS) is 15.3. The van der Waals surface area contributed by atoms with E-state index in [9.17, 15) is 9.59 Å². The van der Waals surface area contributed by atoms with Crippen LogP contribution in [0, 0.1) is 0 Å². The number of hydrogen-bond donors (Lipinski definition) is 3. The van der Waals surface area contributed by atoms with Crippen LogP contribution in [0.2, 0.25) is 0 Å². The van der Waals surface area contributed by atoms with E-state index in [4.69, 9.17) is 5.73 Å². The first kappa shape index (κ1) is 8.79. The Morgan fingerprint density at radius 2 is 2.17 bits per heavy atom. The molecule has 0 atom stereocenters. The maximum atomic E-state index is 10.8. The van der Waals surface area contributed by atoms with Crippen LogP contribution in [0.5, 0.6) is 0 Å². The average Bonchev–Trinajstić information content (AvgIpc) is 2.70. The van der Waals surface area contributed by atoms with Gasteiger partial charge >= 0.3 is 6.03 Å². The van der Waals surface area contributed by atoms with Gasteiger partial charge in [0.1, 0.15) is 0 Å². The first-order chi connectivity index (χ1) is 5.68. The van der Waals surface area contributed by atoms with Crippen LogP contribution in [0.1, 0.15) is 12.8 Å². The van der Waals surface area contributed by atoms with Crippen LogP contribution in [0.3, 0.4) is 0 Å². The third-order valence-corrected chi connectivity index (χ3v) is 1.29. The first-order valence-corrected chi connectivity index (χ1v) is 3.65. The molecule has 0 aromatic rings. The van der Waals surface area contributed by atoms with E-state index in [-0.39, 0.29) is 12.6 Å². The van der Waals surface area contributed by atoms with Crippen LogP contribution < -0.4 is 16.5 Å². The van der Waals surface area contributed by atoms with Gasteiger partial charge in [0.25, 0.3) is 0 Å². The fourth-order valence-corrected chi connectivity index (χ4v) is 0.615. The second-order valence-electron chi connectivity index (χ2n) is 2.60. The maximum Gasteiger partial charge on any atom is 0.338 e. The molecule has 68 valence electrons. The number of amides is 3. The smallest absolute Gasteiger partial charge is 0.338 e. The van der Waals surface area contributed by atoms with E-state index in [1.54, 1.807) is 0 Å². The largest absolute Gasteiger partial charge is 0.368 e. The van der Waals surface area contributed by atoms with E-state index in [0.717, 1.165) is 12.8 Å². The number of carbonyl (C=O) groups is 2. The molecule has 0 radical (unpaired) electrons. The quantitative estimate of drug-likeness (QED) is 0.469. The highest BCUT2D eigenvalue weighted by molar-refractivity contribution is 5.76. The Kier molecular flexibility index (Phi) is 2.87. The molecular weight excluding hydrogens is 162 g/mol. The van der Waals surface area contributed by atoms with E-state index in [1.165, 1.54) is 0 Å². The van der Waals surface area contributed by atoms with Gasteiger partial charge in [-0.05, 0) is 12.8 Å². The van der Waals surface area contributed by atoms with Crippen molar-refractivity contribution in [1.82, 2.24) is 10.8 Å². The van der Waals surface area contributed by atoms with Crippen LogP contribution in [-0.4, -0.2) is 24.6 Å². The van der Waals surface area contributed by atoms with E-state index in [0.29, 0.717) is 0 Å². The summed E-state index contributed by atoms with van der Waals surface area (Å²) >= 11 is 0. The number of carbonyl (C=O) groups excluding carboxylic acids is 2. The van der Waals surface area contributed by atoms with Gasteiger partial charge in [-0.1, -0.05) is 0 Å². The van der Waals surface area contributed by atoms with E-state index in [2.05, 4.69) is 10.2 Å². The van der Waals surface area contributed by atoms with Crippen LogP contribution in [0.4, 0.5) is 4.79 Å². The van der Waals surface area contributed by atoms with Crippen molar-refractivity contribution in [3.63, 3.8) is 0 Å². The van der Waals surface area contributed by atoms with Crippen molar-refractivity contribution in [2.75, 3.05) is 6.61 Å². The van der Waals surface area contributed by atoms with Gasteiger partial charge in [0, 0.05) is 6.04 Å². The molecule has 0 heterocycles.